The third-order valence-corrected chi connectivity index (χ3v) is 8.20. The summed E-state index contributed by atoms with van der Waals surface area (Å²) in [4.78, 5) is 33.0. The van der Waals surface area contributed by atoms with E-state index in [0.717, 1.165) is 59.8 Å². The van der Waals surface area contributed by atoms with E-state index in [1.54, 1.807) is 0 Å². The summed E-state index contributed by atoms with van der Waals surface area (Å²) in [6, 6.07) is 17.9. The van der Waals surface area contributed by atoms with Gasteiger partial charge in [-0.25, -0.2) is 9.78 Å². The Kier molecular flexibility index (Phi) is 7.61. The molecule has 0 bridgehead atoms. The van der Waals surface area contributed by atoms with Crippen LogP contribution in [-0.2, 0) is 24.0 Å². The average molecular weight is 527 g/mol. The highest BCUT2D eigenvalue weighted by Gasteiger charge is 2.30. The fourth-order valence-electron chi connectivity index (χ4n) is 5.14. The Labute approximate surface area is 228 Å². The summed E-state index contributed by atoms with van der Waals surface area (Å²) in [6.07, 6.45) is 4.64. The van der Waals surface area contributed by atoms with Gasteiger partial charge in [0.05, 0.1) is 28.4 Å². The minimum Gasteiger partial charge on any atom is -0.459 e. The predicted molar refractivity (Wildman–Crippen MR) is 155 cm³/mol. The average Bonchev–Trinajstić information content (AvgIpc) is 3.25. The van der Waals surface area contributed by atoms with Gasteiger partial charge in [0.1, 0.15) is 5.00 Å². The number of aromatic nitrogens is 1. The molecule has 0 spiro atoms. The topological polar surface area (TPSA) is 68.3 Å². The monoisotopic (exact) mass is 526 g/mol. The smallest absolute Gasteiger partial charge is 0.341 e. The molecular weight excluding hydrogens is 492 g/mol. The van der Waals surface area contributed by atoms with Gasteiger partial charge in [0.25, 0.3) is 5.91 Å². The van der Waals surface area contributed by atoms with Crippen molar-refractivity contribution < 1.29 is 14.3 Å². The lowest BCUT2D eigenvalue weighted by Crippen LogP contribution is -2.19. The summed E-state index contributed by atoms with van der Waals surface area (Å²) in [6.45, 7) is 8.08. The summed E-state index contributed by atoms with van der Waals surface area (Å²) in [5, 5.41) is 4.45. The normalized spacial score (nSPS) is 14.9. The maximum atomic E-state index is 13.8. The van der Waals surface area contributed by atoms with E-state index >= 15 is 0 Å². The Morgan fingerprint density at radius 1 is 1.13 bits per heavy atom. The molecule has 196 valence electrons. The molecule has 38 heavy (non-hydrogen) atoms. The molecule has 1 aliphatic rings. The number of benzene rings is 2. The molecule has 2 aromatic heterocycles. The highest BCUT2D eigenvalue weighted by Crippen LogP contribution is 2.40. The molecule has 5 rings (SSSR count). The van der Waals surface area contributed by atoms with E-state index < -0.39 is 0 Å². The Morgan fingerprint density at radius 3 is 2.63 bits per heavy atom. The van der Waals surface area contributed by atoms with Crippen molar-refractivity contribution in [3.63, 3.8) is 0 Å². The number of hydrogen-bond acceptors (Lipinski definition) is 5. The molecule has 5 nitrogen and oxygen atoms in total. The first kappa shape index (κ1) is 26.1. The van der Waals surface area contributed by atoms with E-state index in [-0.39, 0.29) is 18.0 Å². The fraction of sp³-hybridized carbons (Fsp3) is 0.344. The van der Waals surface area contributed by atoms with Crippen LogP contribution >= 0.6 is 11.3 Å². The van der Waals surface area contributed by atoms with Crippen LogP contribution in [0.5, 0.6) is 0 Å². The maximum Gasteiger partial charge on any atom is 0.341 e. The molecule has 0 radical (unpaired) electrons. The van der Waals surface area contributed by atoms with E-state index in [1.807, 2.05) is 44.2 Å². The van der Waals surface area contributed by atoms with Gasteiger partial charge in [-0.1, -0.05) is 62.7 Å². The first-order chi connectivity index (χ1) is 18.3. The molecule has 6 heteroatoms. The zero-order valence-electron chi connectivity index (χ0n) is 22.5. The number of carbonyl (C=O) groups is 2. The number of carbonyl (C=O) groups excluding carboxylic acids is 2. The summed E-state index contributed by atoms with van der Waals surface area (Å²) in [5.74, 6) is -0.0680. The van der Waals surface area contributed by atoms with Crippen LogP contribution in [-0.4, -0.2) is 23.0 Å². The van der Waals surface area contributed by atoms with Gasteiger partial charge in [-0.2, -0.15) is 0 Å². The zero-order valence-corrected chi connectivity index (χ0v) is 23.3. The molecular formula is C32H34N2O3S. The molecule has 0 unspecified atom stereocenters. The highest BCUT2D eigenvalue weighted by atomic mass is 32.1. The second kappa shape index (κ2) is 11.1. The minimum absolute atomic E-state index is 0.237. The number of hydrogen-bond donors (Lipinski definition) is 1. The van der Waals surface area contributed by atoms with Gasteiger partial charge in [0.2, 0.25) is 0 Å². The van der Waals surface area contributed by atoms with Crippen molar-refractivity contribution in [2.45, 2.75) is 65.9 Å². The number of fused-ring (bicyclic) bond motifs is 2. The number of para-hydroxylation sites is 1. The molecule has 2 heterocycles. The lowest BCUT2D eigenvalue weighted by atomic mass is 9.88. The quantitative estimate of drug-likeness (QED) is 0.249. The number of pyridine rings is 1. The van der Waals surface area contributed by atoms with Crippen molar-refractivity contribution in [1.82, 2.24) is 4.98 Å². The molecule has 1 aliphatic carbocycles. The van der Waals surface area contributed by atoms with Crippen LogP contribution in [0.25, 0.3) is 22.2 Å². The molecule has 2 aromatic carbocycles. The molecule has 1 N–H and O–H groups in total. The third-order valence-electron chi connectivity index (χ3n) is 7.03. The van der Waals surface area contributed by atoms with Crippen molar-refractivity contribution in [3.8, 4) is 11.3 Å². The Bertz CT molecular complexity index is 1490. The summed E-state index contributed by atoms with van der Waals surface area (Å²) in [5.41, 5.74) is 5.83. The van der Waals surface area contributed by atoms with Crippen molar-refractivity contribution in [2.24, 2.45) is 5.92 Å². The van der Waals surface area contributed by atoms with Crippen LogP contribution in [0.4, 0.5) is 5.00 Å². The molecule has 1 atom stereocenters. The number of nitrogens with one attached hydrogen (secondary N) is 1. The third kappa shape index (κ3) is 5.37. The van der Waals surface area contributed by atoms with E-state index in [0.29, 0.717) is 22.0 Å². The Morgan fingerprint density at radius 2 is 1.89 bits per heavy atom. The van der Waals surface area contributed by atoms with E-state index in [4.69, 9.17) is 9.72 Å². The van der Waals surface area contributed by atoms with Gasteiger partial charge < -0.3 is 10.1 Å². The molecule has 4 aromatic rings. The summed E-state index contributed by atoms with van der Waals surface area (Å²) in [7, 11) is 0. The number of ether oxygens (including phenoxy) is 1. The zero-order chi connectivity index (χ0) is 26.8. The number of thiophene rings is 1. The first-order valence-electron chi connectivity index (χ1n) is 13.5. The standard InChI is InChI=1S/C32H34N2O3S/c1-5-8-21-12-14-22(15-13-21)27-18-25(23-9-6-7-10-26(23)33-27)30(35)34-31-29(32(36)37-19(2)3)24-16-11-20(4)17-28(24)38-31/h6-7,9-10,12-15,18-20H,5,8,11,16-17H2,1-4H3,(H,34,35)/t20-/m0/s1. The Balaban J connectivity index is 1.54. The molecule has 0 aliphatic heterocycles. The van der Waals surface area contributed by atoms with E-state index in [9.17, 15) is 9.59 Å². The number of amides is 1. The van der Waals surface area contributed by atoms with Crippen molar-refractivity contribution in [2.75, 3.05) is 5.32 Å². The molecule has 1 amide bonds. The van der Waals surface area contributed by atoms with Gasteiger partial charge in [0.15, 0.2) is 0 Å². The summed E-state index contributed by atoms with van der Waals surface area (Å²) >= 11 is 1.51. The lowest BCUT2D eigenvalue weighted by Gasteiger charge is -2.19. The van der Waals surface area contributed by atoms with Crippen LogP contribution in [0.15, 0.2) is 54.6 Å². The lowest BCUT2D eigenvalue weighted by molar-refractivity contribution is 0.0378. The number of rotatable bonds is 7. The van der Waals surface area contributed by atoms with Gasteiger partial charge >= 0.3 is 5.97 Å². The number of aryl methyl sites for hydroxylation is 1. The van der Waals surface area contributed by atoms with Crippen LogP contribution in [0.2, 0.25) is 0 Å². The van der Waals surface area contributed by atoms with Crippen LogP contribution in [0.1, 0.15) is 77.3 Å². The van der Waals surface area contributed by atoms with Crippen LogP contribution in [0, 0.1) is 5.92 Å². The SMILES string of the molecule is CCCc1ccc(-c2cc(C(=O)Nc3sc4c(c3C(=O)OC(C)C)CC[C@H](C)C4)c3ccccc3n2)cc1. The van der Waals surface area contributed by atoms with Crippen molar-refractivity contribution in [3.05, 3.63) is 81.7 Å². The molecule has 0 fully saturated rings. The molecule has 0 saturated heterocycles. The van der Waals surface area contributed by atoms with Crippen LogP contribution in [0.3, 0.4) is 0 Å². The number of anilines is 1. The maximum absolute atomic E-state index is 13.8. The largest absolute Gasteiger partial charge is 0.459 e. The molecule has 0 saturated carbocycles. The van der Waals surface area contributed by atoms with Gasteiger partial charge in [-0.3, -0.25) is 4.79 Å². The van der Waals surface area contributed by atoms with Gasteiger partial charge in [0, 0.05) is 15.8 Å². The summed E-state index contributed by atoms with van der Waals surface area (Å²) < 4.78 is 5.60. The van der Waals surface area contributed by atoms with Gasteiger partial charge in [-0.05, 0) is 68.7 Å². The van der Waals surface area contributed by atoms with Gasteiger partial charge in [-0.15, -0.1) is 11.3 Å². The predicted octanol–water partition coefficient (Wildman–Crippen LogP) is 7.86. The fourth-order valence-corrected chi connectivity index (χ4v) is 6.53. The second-order valence-electron chi connectivity index (χ2n) is 10.5. The number of nitrogens with zero attached hydrogens (tertiary/aromatic N) is 1. The first-order valence-corrected chi connectivity index (χ1v) is 14.3. The highest BCUT2D eigenvalue weighted by molar-refractivity contribution is 7.17. The Hall–Kier alpha value is -3.51. The minimum atomic E-state index is -0.366. The van der Waals surface area contributed by atoms with E-state index in [1.165, 1.54) is 21.8 Å². The van der Waals surface area contributed by atoms with Crippen molar-refractivity contribution >= 4 is 39.1 Å². The number of esters is 1. The van der Waals surface area contributed by atoms with Crippen molar-refractivity contribution in [1.29, 1.82) is 0 Å². The second-order valence-corrected chi connectivity index (χ2v) is 11.6. The van der Waals surface area contributed by atoms with Crippen LogP contribution < -0.4 is 5.32 Å². The van der Waals surface area contributed by atoms with E-state index in [2.05, 4.69) is 43.4 Å².